The van der Waals surface area contributed by atoms with Gasteiger partial charge in [-0.25, -0.2) is 4.99 Å². The third-order valence-electron chi connectivity index (χ3n) is 9.08. The molecule has 0 spiro atoms. The molecule has 4 heteroatoms. The second-order valence-corrected chi connectivity index (χ2v) is 11.6. The summed E-state index contributed by atoms with van der Waals surface area (Å²) in [5, 5.41) is 8.84. The van der Waals surface area contributed by atoms with Gasteiger partial charge in [0.15, 0.2) is 0 Å². The lowest BCUT2D eigenvalue weighted by Crippen LogP contribution is -2.32. The molecule has 2 aliphatic rings. The van der Waals surface area contributed by atoms with E-state index in [2.05, 4.69) is 166 Å². The van der Waals surface area contributed by atoms with E-state index in [0.29, 0.717) is 0 Å². The summed E-state index contributed by atoms with van der Waals surface area (Å²) in [6, 6.07) is 43.5. The van der Waals surface area contributed by atoms with E-state index in [1.807, 2.05) is 0 Å². The predicted octanol–water partition coefficient (Wildman–Crippen LogP) is 9.46. The largest absolute Gasteiger partial charge is 0.349 e. The van der Waals surface area contributed by atoms with E-state index in [9.17, 15) is 0 Å². The normalized spacial score (nSPS) is 18.2. The van der Waals surface area contributed by atoms with Crippen LogP contribution in [0.1, 0.15) is 18.3 Å². The number of benzene rings is 5. The van der Waals surface area contributed by atoms with Crippen molar-refractivity contribution in [3.63, 3.8) is 0 Å². The standard InChI is InChI=1S/C40H30N4/c1-3-13-27(14-4-1)34-26-35(28-15-5-2-6-16-28)42-40(41-34)44-38-22-12-9-19-32(38)33-24-23-29(25-39(33)44)43-36-20-10-7-17-30(36)31-18-8-11-21-37(31)43/h1-15,17-26,28,40,42H,16H2. The topological polar surface area (TPSA) is 34.2 Å². The van der Waals surface area contributed by atoms with E-state index in [1.54, 1.807) is 0 Å². The highest BCUT2D eigenvalue weighted by atomic mass is 15.3. The smallest absolute Gasteiger partial charge is 0.201 e. The lowest BCUT2D eigenvalue weighted by molar-refractivity contribution is 0.454. The van der Waals surface area contributed by atoms with Crippen molar-refractivity contribution in [1.29, 1.82) is 0 Å². The molecule has 2 atom stereocenters. The molecule has 7 aromatic rings. The van der Waals surface area contributed by atoms with Gasteiger partial charge in [0.1, 0.15) is 0 Å². The quantitative estimate of drug-likeness (QED) is 0.226. The second-order valence-electron chi connectivity index (χ2n) is 11.6. The van der Waals surface area contributed by atoms with E-state index in [-0.39, 0.29) is 12.2 Å². The van der Waals surface area contributed by atoms with Crippen molar-refractivity contribution in [2.24, 2.45) is 10.9 Å². The van der Waals surface area contributed by atoms with Gasteiger partial charge in [0.2, 0.25) is 6.29 Å². The van der Waals surface area contributed by atoms with Gasteiger partial charge in [0.25, 0.3) is 0 Å². The van der Waals surface area contributed by atoms with E-state index < -0.39 is 0 Å². The monoisotopic (exact) mass is 566 g/mol. The van der Waals surface area contributed by atoms with Gasteiger partial charge < -0.3 is 14.5 Å². The lowest BCUT2D eigenvalue weighted by atomic mass is 9.94. The minimum atomic E-state index is -0.305. The minimum Gasteiger partial charge on any atom is -0.349 e. The van der Waals surface area contributed by atoms with Gasteiger partial charge in [0, 0.05) is 38.8 Å². The van der Waals surface area contributed by atoms with Crippen molar-refractivity contribution < 1.29 is 0 Å². The zero-order valence-electron chi connectivity index (χ0n) is 24.1. The molecule has 9 rings (SSSR count). The van der Waals surface area contributed by atoms with Gasteiger partial charge in [-0.15, -0.1) is 0 Å². The summed E-state index contributed by atoms with van der Waals surface area (Å²) in [5.41, 5.74) is 9.18. The lowest BCUT2D eigenvalue weighted by Gasteiger charge is -2.30. The number of nitrogens with zero attached hydrogens (tertiary/aromatic N) is 3. The SMILES string of the molecule is C1=CCC(C2=CC(c3ccccc3)=NC(n3c4ccccc4c4ccc(-n5c6ccccc6c6ccccc65)cc43)N2)C=C1. The number of aliphatic imine (C=N–C) groups is 1. The Kier molecular flexibility index (Phi) is 5.66. The van der Waals surface area contributed by atoms with E-state index in [0.717, 1.165) is 34.4 Å². The second kappa shape index (κ2) is 9.99. The fraction of sp³-hybridized carbons (Fsp3) is 0.0750. The van der Waals surface area contributed by atoms with Gasteiger partial charge in [-0.3, -0.25) is 0 Å². The molecule has 3 heterocycles. The molecule has 2 aromatic heterocycles. The Morgan fingerprint density at radius 3 is 1.95 bits per heavy atom. The molecule has 1 aliphatic heterocycles. The number of hydrogen-bond acceptors (Lipinski definition) is 2. The zero-order chi connectivity index (χ0) is 29.0. The highest BCUT2D eigenvalue weighted by Crippen LogP contribution is 2.38. The summed E-state index contributed by atoms with van der Waals surface area (Å²) in [5.74, 6) is 0.276. The van der Waals surface area contributed by atoms with Gasteiger partial charge in [-0.2, -0.15) is 0 Å². The van der Waals surface area contributed by atoms with Crippen molar-refractivity contribution >= 4 is 49.3 Å². The molecular formula is C40H30N4. The fourth-order valence-corrected chi connectivity index (χ4v) is 7.05. The zero-order valence-corrected chi connectivity index (χ0v) is 24.1. The summed E-state index contributed by atoms with van der Waals surface area (Å²) in [4.78, 5) is 5.38. The van der Waals surface area contributed by atoms with Gasteiger partial charge in [-0.1, -0.05) is 115 Å². The first kappa shape index (κ1) is 24.9. The van der Waals surface area contributed by atoms with Crippen LogP contribution < -0.4 is 5.32 Å². The van der Waals surface area contributed by atoms with E-state index in [4.69, 9.17) is 4.99 Å². The first-order valence-electron chi connectivity index (χ1n) is 15.3. The Bertz CT molecular complexity index is 2290. The molecule has 1 aliphatic carbocycles. The number of aromatic nitrogens is 2. The van der Waals surface area contributed by atoms with Crippen molar-refractivity contribution in [3.05, 3.63) is 163 Å². The fourth-order valence-electron chi connectivity index (χ4n) is 7.05. The molecule has 2 unspecified atom stereocenters. The van der Waals surface area contributed by atoms with E-state index >= 15 is 0 Å². The van der Waals surface area contributed by atoms with E-state index in [1.165, 1.54) is 38.3 Å². The van der Waals surface area contributed by atoms with Crippen LogP contribution in [0.2, 0.25) is 0 Å². The Labute approximate surface area is 255 Å². The molecule has 4 nitrogen and oxygen atoms in total. The van der Waals surface area contributed by atoms with Crippen LogP contribution in [0.15, 0.2) is 162 Å². The summed E-state index contributed by atoms with van der Waals surface area (Å²) < 4.78 is 4.78. The predicted molar refractivity (Wildman–Crippen MR) is 183 cm³/mol. The average molecular weight is 567 g/mol. The van der Waals surface area contributed by atoms with Crippen LogP contribution in [0.5, 0.6) is 0 Å². The molecule has 0 amide bonds. The highest BCUT2D eigenvalue weighted by Gasteiger charge is 2.26. The average Bonchev–Trinajstić information content (AvgIpc) is 3.61. The van der Waals surface area contributed by atoms with Crippen molar-refractivity contribution in [2.75, 3.05) is 0 Å². The molecule has 0 bridgehead atoms. The Morgan fingerprint density at radius 2 is 1.25 bits per heavy atom. The number of fused-ring (bicyclic) bond motifs is 6. The first-order valence-corrected chi connectivity index (χ1v) is 15.3. The van der Waals surface area contributed by atoms with Crippen LogP contribution in [0.3, 0.4) is 0 Å². The Hall–Kier alpha value is -5.61. The van der Waals surface area contributed by atoms with Crippen molar-refractivity contribution in [1.82, 2.24) is 14.5 Å². The van der Waals surface area contributed by atoms with Crippen LogP contribution >= 0.6 is 0 Å². The van der Waals surface area contributed by atoms with Gasteiger partial charge in [0.05, 0.1) is 27.8 Å². The molecular weight excluding hydrogens is 536 g/mol. The number of allylic oxidation sites excluding steroid dienone is 5. The minimum absolute atomic E-state index is 0.276. The summed E-state index contributed by atoms with van der Waals surface area (Å²) >= 11 is 0. The van der Waals surface area contributed by atoms with Gasteiger partial charge in [-0.05, 0) is 48.4 Å². The number of para-hydroxylation sites is 3. The molecule has 5 aromatic carbocycles. The maximum absolute atomic E-state index is 5.38. The van der Waals surface area contributed by atoms with Crippen LogP contribution in [0, 0.1) is 5.92 Å². The summed E-state index contributed by atoms with van der Waals surface area (Å²) in [6.07, 6.45) is 11.7. The molecule has 0 saturated carbocycles. The third-order valence-corrected chi connectivity index (χ3v) is 9.08. The van der Waals surface area contributed by atoms with Crippen LogP contribution in [-0.4, -0.2) is 14.8 Å². The van der Waals surface area contributed by atoms with Crippen LogP contribution in [0.4, 0.5) is 0 Å². The molecule has 0 fully saturated rings. The molecule has 0 radical (unpaired) electrons. The number of rotatable bonds is 4. The molecule has 210 valence electrons. The maximum Gasteiger partial charge on any atom is 0.201 e. The Morgan fingerprint density at radius 1 is 0.614 bits per heavy atom. The Balaban J connectivity index is 1.28. The van der Waals surface area contributed by atoms with Crippen molar-refractivity contribution in [3.8, 4) is 5.69 Å². The van der Waals surface area contributed by atoms with Crippen LogP contribution in [0.25, 0.3) is 49.3 Å². The summed E-state index contributed by atoms with van der Waals surface area (Å²) in [6.45, 7) is 0. The molecule has 44 heavy (non-hydrogen) atoms. The number of hydrogen-bond donors (Lipinski definition) is 1. The number of nitrogens with one attached hydrogen (secondary N) is 1. The summed E-state index contributed by atoms with van der Waals surface area (Å²) in [7, 11) is 0. The van der Waals surface area contributed by atoms with Gasteiger partial charge >= 0.3 is 0 Å². The van der Waals surface area contributed by atoms with Crippen molar-refractivity contribution in [2.45, 2.75) is 12.7 Å². The molecule has 0 saturated heterocycles. The first-order chi connectivity index (χ1) is 21.8. The molecule has 1 N–H and O–H groups in total. The van der Waals surface area contributed by atoms with Crippen LogP contribution in [-0.2, 0) is 0 Å². The maximum atomic E-state index is 5.38. The third kappa shape index (κ3) is 3.88. The highest BCUT2D eigenvalue weighted by molar-refractivity contribution is 6.12.